The molecule has 0 radical (unpaired) electrons. The molecule has 0 spiro atoms. The molecule has 0 bridgehead atoms. The van der Waals surface area contributed by atoms with Crippen molar-refractivity contribution >= 4 is 29.3 Å². The number of carbonyl (C=O) groups excluding carboxylic acids is 2. The summed E-state index contributed by atoms with van der Waals surface area (Å²) in [5.41, 5.74) is -0.699. The number of anilines is 1. The average molecular weight is 360 g/mol. The molecule has 7 heteroatoms. The third kappa shape index (κ3) is 3.88. The zero-order chi connectivity index (χ0) is 17.9. The van der Waals surface area contributed by atoms with Gasteiger partial charge in [-0.25, -0.2) is 0 Å². The maximum Gasteiger partial charge on any atom is 0.313 e. The van der Waals surface area contributed by atoms with Crippen LogP contribution in [0.3, 0.4) is 0 Å². The van der Waals surface area contributed by atoms with Crippen molar-refractivity contribution in [2.75, 3.05) is 18.1 Å². The van der Waals surface area contributed by atoms with Crippen LogP contribution in [0.5, 0.6) is 0 Å². The Bertz CT molecular complexity index is 758. The van der Waals surface area contributed by atoms with Crippen molar-refractivity contribution in [1.29, 1.82) is 0 Å². The molecule has 6 nitrogen and oxygen atoms in total. The topological polar surface area (TPSA) is 91.6 Å². The molecule has 0 unspecified atom stereocenters. The fourth-order valence-corrected chi connectivity index (χ4v) is 3.29. The largest absolute Gasteiger partial charge is 0.466 e. The zero-order valence-corrected chi connectivity index (χ0v) is 14.6. The zero-order valence-electron chi connectivity index (χ0n) is 13.8. The van der Waals surface area contributed by atoms with Crippen molar-refractivity contribution in [2.45, 2.75) is 23.3 Å². The third-order valence-corrected chi connectivity index (χ3v) is 5.08. The Balaban J connectivity index is 1.62. The summed E-state index contributed by atoms with van der Waals surface area (Å²) >= 11 is 1.48. The predicted molar refractivity (Wildman–Crippen MR) is 95.2 cm³/mol. The monoisotopic (exact) mass is 360 g/mol. The fraction of sp³-hybridized carbons (Fsp3) is 0.333. The molecular formula is C18H20N2O4S. The number of hydrogen-bond donors (Lipinski definition) is 3. The van der Waals surface area contributed by atoms with Crippen LogP contribution < -0.4 is 10.6 Å². The molecule has 3 rings (SSSR count). The molecule has 1 fully saturated rings. The highest BCUT2D eigenvalue weighted by Gasteiger charge is 2.47. The maximum absolute atomic E-state index is 12.1. The van der Waals surface area contributed by atoms with Gasteiger partial charge >= 0.3 is 11.8 Å². The van der Waals surface area contributed by atoms with Crippen molar-refractivity contribution in [2.24, 2.45) is 5.92 Å². The normalized spacial score (nSPS) is 16.1. The summed E-state index contributed by atoms with van der Waals surface area (Å²) < 4.78 is 5.31. The average Bonchev–Trinajstić information content (AvgIpc) is 3.34. The minimum atomic E-state index is -1.28. The molecule has 1 aliphatic carbocycles. The van der Waals surface area contributed by atoms with Crippen LogP contribution in [-0.2, 0) is 15.2 Å². The Kier molecular flexibility index (Phi) is 5.15. The summed E-state index contributed by atoms with van der Waals surface area (Å²) in [6.07, 6.45) is 5.10. The highest BCUT2D eigenvalue weighted by molar-refractivity contribution is 7.98. The van der Waals surface area contributed by atoms with Gasteiger partial charge in [0, 0.05) is 4.90 Å². The Hall–Kier alpha value is -2.25. The first-order chi connectivity index (χ1) is 12.0. The van der Waals surface area contributed by atoms with Gasteiger partial charge in [0.1, 0.15) is 11.4 Å². The lowest BCUT2D eigenvalue weighted by Gasteiger charge is -2.26. The Morgan fingerprint density at radius 2 is 2.00 bits per heavy atom. The van der Waals surface area contributed by atoms with E-state index in [1.54, 1.807) is 24.3 Å². The molecule has 1 aliphatic rings. The van der Waals surface area contributed by atoms with E-state index in [0.717, 1.165) is 17.7 Å². The molecule has 2 amide bonds. The van der Waals surface area contributed by atoms with Gasteiger partial charge in [0.25, 0.3) is 0 Å². The number of aliphatic hydroxyl groups is 1. The summed E-state index contributed by atoms with van der Waals surface area (Å²) in [7, 11) is 0. The maximum atomic E-state index is 12.1. The number of thioether (sulfide) groups is 1. The molecule has 3 N–H and O–H groups in total. The predicted octanol–water partition coefficient (Wildman–Crippen LogP) is 2.35. The molecule has 132 valence electrons. The van der Waals surface area contributed by atoms with E-state index in [9.17, 15) is 14.7 Å². The fourth-order valence-electron chi connectivity index (χ4n) is 2.74. The second-order valence-corrected chi connectivity index (χ2v) is 6.86. The highest BCUT2D eigenvalue weighted by atomic mass is 32.2. The first-order valence-corrected chi connectivity index (χ1v) is 9.25. The molecular weight excluding hydrogens is 340 g/mol. The number of carbonyl (C=O) groups is 2. The van der Waals surface area contributed by atoms with Crippen LogP contribution in [-0.4, -0.2) is 29.7 Å². The molecule has 0 aliphatic heterocycles. The molecule has 0 saturated heterocycles. The molecule has 1 aromatic heterocycles. The summed E-state index contributed by atoms with van der Waals surface area (Å²) in [6.45, 7) is -0.0678. The van der Waals surface area contributed by atoms with Crippen molar-refractivity contribution in [3.63, 3.8) is 0 Å². The van der Waals surface area contributed by atoms with Gasteiger partial charge in [0.05, 0.1) is 18.5 Å². The van der Waals surface area contributed by atoms with Crippen LogP contribution in [0.25, 0.3) is 0 Å². The minimum Gasteiger partial charge on any atom is -0.466 e. The Morgan fingerprint density at radius 1 is 1.24 bits per heavy atom. The van der Waals surface area contributed by atoms with Gasteiger partial charge in [-0.3, -0.25) is 9.59 Å². The Labute approximate surface area is 150 Å². The van der Waals surface area contributed by atoms with Crippen molar-refractivity contribution < 1.29 is 19.1 Å². The number of benzene rings is 1. The van der Waals surface area contributed by atoms with E-state index >= 15 is 0 Å². The molecule has 2 aromatic rings. The summed E-state index contributed by atoms with van der Waals surface area (Å²) in [5.74, 6) is -1.12. The van der Waals surface area contributed by atoms with Gasteiger partial charge in [0.2, 0.25) is 0 Å². The second-order valence-electron chi connectivity index (χ2n) is 6.01. The molecule has 1 saturated carbocycles. The molecule has 25 heavy (non-hydrogen) atoms. The van der Waals surface area contributed by atoms with Gasteiger partial charge in [-0.2, -0.15) is 0 Å². The van der Waals surface area contributed by atoms with Crippen LogP contribution in [0, 0.1) is 5.92 Å². The molecule has 1 atom stereocenters. The van der Waals surface area contributed by atoms with Crippen LogP contribution in [0.1, 0.15) is 18.6 Å². The van der Waals surface area contributed by atoms with Crippen molar-refractivity contribution in [3.8, 4) is 0 Å². The quantitative estimate of drug-likeness (QED) is 0.543. The van der Waals surface area contributed by atoms with Crippen molar-refractivity contribution in [1.82, 2.24) is 5.32 Å². The summed E-state index contributed by atoms with van der Waals surface area (Å²) in [6, 6.07) is 10.6. The number of amides is 2. The molecule has 1 aromatic carbocycles. The number of nitrogens with one attached hydrogen (secondary N) is 2. The van der Waals surface area contributed by atoms with Crippen molar-refractivity contribution in [3.05, 3.63) is 48.4 Å². The third-order valence-electron chi connectivity index (χ3n) is 4.28. The van der Waals surface area contributed by atoms with Crippen LogP contribution >= 0.6 is 11.8 Å². The molecule has 1 heterocycles. The SMILES string of the molecule is CSc1ccccc1NC(=O)C(=O)NC[C@](O)(c1ccco1)C1CC1. The lowest BCUT2D eigenvalue weighted by molar-refractivity contribution is -0.137. The first kappa shape index (κ1) is 17.6. The first-order valence-electron chi connectivity index (χ1n) is 8.03. The number of hydrogen-bond acceptors (Lipinski definition) is 5. The summed E-state index contributed by atoms with van der Waals surface area (Å²) in [4.78, 5) is 25.1. The lowest BCUT2D eigenvalue weighted by Crippen LogP contribution is -2.45. The van der Waals surface area contributed by atoms with Gasteiger partial charge in [0.15, 0.2) is 0 Å². The minimum absolute atomic E-state index is 0.0271. The van der Waals surface area contributed by atoms with E-state index in [4.69, 9.17) is 4.42 Å². The van der Waals surface area contributed by atoms with E-state index in [2.05, 4.69) is 10.6 Å². The van der Waals surface area contributed by atoms with Gasteiger partial charge in [-0.1, -0.05) is 12.1 Å². The van der Waals surface area contributed by atoms with E-state index in [0.29, 0.717) is 11.4 Å². The van der Waals surface area contributed by atoms with Gasteiger partial charge < -0.3 is 20.2 Å². The second kappa shape index (κ2) is 7.33. The van der Waals surface area contributed by atoms with Crippen LogP contribution in [0.2, 0.25) is 0 Å². The lowest BCUT2D eigenvalue weighted by atomic mass is 9.94. The van der Waals surface area contributed by atoms with E-state index in [1.807, 2.05) is 18.4 Å². The van der Waals surface area contributed by atoms with Gasteiger partial charge in [-0.15, -0.1) is 11.8 Å². The van der Waals surface area contributed by atoms with Gasteiger partial charge in [-0.05, 0) is 49.3 Å². The smallest absolute Gasteiger partial charge is 0.313 e. The number of rotatable bonds is 6. The summed E-state index contributed by atoms with van der Waals surface area (Å²) in [5, 5.41) is 16.0. The standard InChI is InChI=1S/C18H20N2O4S/c1-25-14-6-3-2-5-13(14)20-17(22)16(21)19-11-18(23,12-8-9-12)15-7-4-10-24-15/h2-7,10,12,23H,8-9,11H2,1H3,(H,19,21)(H,20,22)/t18-/m1/s1. The number of furan rings is 1. The number of para-hydroxylation sites is 1. The highest BCUT2D eigenvalue weighted by Crippen LogP contribution is 2.45. The van der Waals surface area contributed by atoms with E-state index in [-0.39, 0.29) is 12.5 Å². The Morgan fingerprint density at radius 3 is 2.64 bits per heavy atom. The van der Waals surface area contributed by atoms with Crippen LogP contribution in [0.4, 0.5) is 5.69 Å². The van der Waals surface area contributed by atoms with E-state index < -0.39 is 17.4 Å². The van der Waals surface area contributed by atoms with Crippen LogP contribution in [0.15, 0.2) is 52.0 Å². The van der Waals surface area contributed by atoms with E-state index in [1.165, 1.54) is 18.0 Å².